The van der Waals surface area contributed by atoms with Crippen LogP contribution in [0.3, 0.4) is 0 Å². The van der Waals surface area contributed by atoms with Crippen molar-refractivity contribution < 1.29 is 8.83 Å². The van der Waals surface area contributed by atoms with Crippen LogP contribution >= 0.6 is 15.9 Å². The van der Waals surface area contributed by atoms with Crippen molar-refractivity contribution >= 4 is 37.9 Å². The summed E-state index contributed by atoms with van der Waals surface area (Å²) in [5.74, 6) is 0. The molecule has 0 aliphatic heterocycles. The number of hydrogen-bond acceptors (Lipinski definition) is 3. The van der Waals surface area contributed by atoms with E-state index in [0.29, 0.717) is 16.6 Å². The van der Waals surface area contributed by atoms with Crippen molar-refractivity contribution in [3.8, 4) is 11.1 Å². The number of fused-ring (bicyclic) bond motifs is 3. The van der Waals surface area contributed by atoms with Gasteiger partial charge in [-0.1, -0.05) is 40.2 Å². The molecule has 4 rings (SSSR count). The van der Waals surface area contributed by atoms with Gasteiger partial charge in [-0.2, -0.15) is 0 Å². The van der Waals surface area contributed by atoms with Gasteiger partial charge in [0.1, 0.15) is 11.0 Å². The Morgan fingerprint density at radius 1 is 0.952 bits per heavy atom. The third kappa shape index (κ3) is 1.91. The molecule has 0 unspecified atom stereocenters. The van der Waals surface area contributed by atoms with E-state index in [2.05, 4.69) is 15.9 Å². The lowest BCUT2D eigenvalue weighted by atomic mass is 10.1. The molecule has 0 N–H and O–H groups in total. The Labute approximate surface area is 127 Å². The van der Waals surface area contributed by atoms with E-state index in [-0.39, 0.29) is 5.63 Å². The first kappa shape index (κ1) is 12.4. The Hall–Kier alpha value is -2.33. The van der Waals surface area contributed by atoms with Gasteiger partial charge >= 0.3 is 5.63 Å². The van der Waals surface area contributed by atoms with E-state index in [1.165, 1.54) is 0 Å². The van der Waals surface area contributed by atoms with E-state index in [0.717, 1.165) is 21.0 Å². The molecule has 0 aliphatic carbocycles. The molecule has 3 nitrogen and oxygen atoms in total. The van der Waals surface area contributed by atoms with Gasteiger partial charge in [0.2, 0.25) is 0 Å². The molecule has 4 aromatic rings. The van der Waals surface area contributed by atoms with Crippen LogP contribution in [-0.2, 0) is 0 Å². The highest BCUT2D eigenvalue weighted by Crippen LogP contribution is 2.32. The van der Waals surface area contributed by atoms with Crippen LogP contribution in [0.4, 0.5) is 0 Å². The van der Waals surface area contributed by atoms with Gasteiger partial charge in [0.25, 0.3) is 0 Å². The molecule has 0 atom stereocenters. The number of benzene rings is 2. The van der Waals surface area contributed by atoms with Crippen molar-refractivity contribution in [3.63, 3.8) is 0 Å². The second-order valence-corrected chi connectivity index (χ2v) is 5.66. The summed E-state index contributed by atoms with van der Waals surface area (Å²) in [5.41, 5.74) is 2.39. The van der Waals surface area contributed by atoms with Crippen LogP contribution in [-0.4, -0.2) is 0 Å². The minimum absolute atomic E-state index is 0.379. The zero-order chi connectivity index (χ0) is 14.4. The van der Waals surface area contributed by atoms with E-state index in [1.807, 2.05) is 42.5 Å². The van der Waals surface area contributed by atoms with Gasteiger partial charge in [0.05, 0.1) is 11.6 Å². The summed E-state index contributed by atoms with van der Waals surface area (Å²) in [5, 5.41) is 1.28. The molecule has 0 spiro atoms. The minimum atomic E-state index is -0.379. The molecule has 0 fully saturated rings. The van der Waals surface area contributed by atoms with Crippen molar-refractivity contribution in [1.29, 1.82) is 0 Å². The molecule has 2 aromatic heterocycles. The van der Waals surface area contributed by atoms with Gasteiger partial charge in [-0.15, -0.1) is 0 Å². The average molecular weight is 341 g/mol. The third-order valence-corrected chi connectivity index (χ3v) is 4.01. The molecule has 102 valence electrons. The minimum Gasteiger partial charge on any atom is -0.463 e. The molecule has 0 saturated heterocycles. The van der Waals surface area contributed by atoms with Crippen LogP contribution in [0.2, 0.25) is 0 Å². The van der Waals surface area contributed by atoms with E-state index < -0.39 is 0 Å². The normalized spacial score (nSPS) is 11.3. The Morgan fingerprint density at radius 3 is 2.52 bits per heavy atom. The Kier molecular flexibility index (Phi) is 2.72. The lowest BCUT2D eigenvalue weighted by Crippen LogP contribution is -1.99. The summed E-state index contributed by atoms with van der Waals surface area (Å²) in [6, 6.07) is 15.1. The number of hydrogen-bond donors (Lipinski definition) is 0. The predicted molar refractivity (Wildman–Crippen MR) is 85.4 cm³/mol. The van der Waals surface area contributed by atoms with Crippen LogP contribution < -0.4 is 5.63 Å². The van der Waals surface area contributed by atoms with Gasteiger partial charge < -0.3 is 8.83 Å². The summed E-state index contributed by atoms with van der Waals surface area (Å²) in [6.45, 7) is 0. The maximum absolute atomic E-state index is 12.3. The molecule has 0 saturated carbocycles. The van der Waals surface area contributed by atoms with Gasteiger partial charge in [-0.25, -0.2) is 4.79 Å². The number of para-hydroxylation sites is 1. The molecular formula is C17H9BrO3. The second-order valence-electron chi connectivity index (χ2n) is 4.75. The molecular weight excluding hydrogens is 332 g/mol. The quantitative estimate of drug-likeness (QED) is 0.459. The molecule has 2 heterocycles. The fraction of sp³-hybridized carbons (Fsp3) is 0. The summed E-state index contributed by atoms with van der Waals surface area (Å²) < 4.78 is 12.0. The molecule has 21 heavy (non-hydrogen) atoms. The van der Waals surface area contributed by atoms with E-state index >= 15 is 0 Å². The lowest BCUT2D eigenvalue weighted by Gasteiger charge is -1.99. The van der Waals surface area contributed by atoms with E-state index in [9.17, 15) is 4.79 Å². The van der Waals surface area contributed by atoms with Crippen LogP contribution in [0.1, 0.15) is 0 Å². The SMILES string of the molecule is O=c1oc2ccccc2c2occ(-c3ccc(Br)cc3)c12. The number of furan rings is 1. The van der Waals surface area contributed by atoms with Crippen LogP contribution in [0.15, 0.2) is 72.9 Å². The first-order chi connectivity index (χ1) is 10.2. The Morgan fingerprint density at radius 2 is 1.71 bits per heavy atom. The largest absolute Gasteiger partial charge is 0.463 e. The average Bonchev–Trinajstić information content (AvgIpc) is 2.94. The van der Waals surface area contributed by atoms with Crippen LogP contribution in [0.5, 0.6) is 0 Å². The van der Waals surface area contributed by atoms with Crippen molar-refractivity contribution in [2.45, 2.75) is 0 Å². The Bertz CT molecular complexity index is 1010. The third-order valence-electron chi connectivity index (χ3n) is 3.48. The van der Waals surface area contributed by atoms with Gasteiger partial charge in [-0.05, 0) is 29.8 Å². The van der Waals surface area contributed by atoms with Crippen molar-refractivity contribution in [2.75, 3.05) is 0 Å². The summed E-state index contributed by atoms with van der Waals surface area (Å²) in [7, 11) is 0. The zero-order valence-electron chi connectivity index (χ0n) is 10.8. The fourth-order valence-electron chi connectivity index (χ4n) is 2.49. The van der Waals surface area contributed by atoms with E-state index in [4.69, 9.17) is 8.83 Å². The highest BCUT2D eigenvalue weighted by Gasteiger charge is 2.16. The maximum Gasteiger partial charge on any atom is 0.348 e. The van der Waals surface area contributed by atoms with Crippen molar-refractivity contribution in [2.24, 2.45) is 0 Å². The molecule has 4 heteroatoms. The highest BCUT2D eigenvalue weighted by atomic mass is 79.9. The molecule has 0 aliphatic rings. The summed E-state index contributed by atoms with van der Waals surface area (Å²) in [6.07, 6.45) is 1.61. The number of halogens is 1. The van der Waals surface area contributed by atoms with Crippen LogP contribution in [0, 0.1) is 0 Å². The molecule has 2 aromatic carbocycles. The smallest absolute Gasteiger partial charge is 0.348 e. The zero-order valence-corrected chi connectivity index (χ0v) is 12.4. The first-order valence-electron chi connectivity index (χ1n) is 6.43. The number of rotatable bonds is 1. The van der Waals surface area contributed by atoms with Gasteiger partial charge in [-0.3, -0.25) is 0 Å². The maximum atomic E-state index is 12.3. The van der Waals surface area contributed by atoms with Crippen molar-refractivity contribution in [3.05, 3.63) is 69.7 Å². The Balaban J connectivity index is 2.11. The molecule has 0 radical (unpaired) electrons. The van der Waals surface area contributed by atoms with Gasteiger partial charge in [0, 0.05) is 10.0 Å². The predicted octanol–water partition coefficient (Wildman–Crippen LogP) is 4.97. The summed E-state index contributed by atoms with van der Waals surface area (Å²) >= 11 is 3.40. The first-order valence-corrected chi connectivity index (χ1v) is 7.22. The lowest BCUT2D eigenvalue weighted by molar-refractivity contribution is 0.564. The second kappa shape index (κ2) is 4.60. The van der Waals surface area contributed by atoms with Gasteiger partial charge in [0.15, 0.2) is 5.58 Å². The monoisotopic (exact) mass is 340 g/mol. The molecule has 0 bridgehead atoms. The standard InChI is InChI=1S/C17H9BrO3/c18-11-7-5-10(6-8-11)13-9-20-16-12-3-1-2-4-14(12)21-17(19)15(13)16/h1-9H. The van der Waals surface area contributed by atoms with E-state index in [1.54, 1.807) is 12.3 Å². The van der Waals surface area contributed by atoms with Crippen LogP contribution in [0.25, 0.3) is 33.1 Å². The fourth-order valence-corrected chi connectivity index (χ4v) is 2.76. The van der Waals surface area contributed by atoms with Crippen molar-refractivity contribution in [1.82, 2.24) is 0 Å². The highest BCUT2D eigenvalue weighted by molar-refractivity contribution is 9.10. The topological polar surface area (TPSA) is 43.4 Å². The summed E-state index contributed by atoms with van der Waals surface area (Å²) in [4.78, 5) is 12.3. The molecule has 0 amide bonds.